The van der Waals surface area contributed by atoms with Gasteiger partial charge in [0.15, 0.2) is 0 Å². The van der Waals surface area contributed by atoms with E-state index in [-0.39, 0.29) is 12.3 Å². The van der Waals surface area contributed by atoms with Crippen LogP contribution < -0.4 is 21.7 Å². The van der Waals surface area contributed by atoms with E-state index in [1.165, 1.54) is 0 Å². The minimum absolute atomic E-state index is 0.150. The topological polar surface area (TPSA) is 225 Å². The number of aliphatic carboxylic acids is 3. The van der Waals surface area contributed by atoms with Crippen molar-refractivity contribution in [2.45, 2.75) is 57.7 Å². The predicted molar refractivity (Wildman–Crippen MR) is 101 cm³/mol. The van der Waals surface area contributed by atoms with E-state index < -0.39 is 73.1 Å². The molecule has 8 N–H and O–H groups in total. The largest absolute Gasteiger partial charge is 0.481 e. The summed E-state index contributed by atoms with van der Waals surface area (Å²) in [5.74, 6) is -6.70. The van der Waals surface area contributed by atoms with E-state index in [0.717, 1.165) is 0 Å². The van der Waals surface area contributed by atoms with Crippen molar-refractivity contribution >= 4 is 35.6 Å². The first-order chi connectivity index (χ1) is 13.8. The van der Waals surface area contributed by atoms with Crippen LogP contribution in [0.3, 0.4) is 0 Å². The maximum atomic E-state index is 12.3. The average Bonchev–Trinajstić information content (AvgIpc) is 2.61. The van der Waals surface area contributed by atoms with Gasteiger partial charge in [-0.05, 0) is 18.8 Å². The fourth-order valence-electron chi connectivity index (χ4n) is 2.34. The molecule has 0 saturated heterocycles. The Labute approximate surface area is 172 Å². The van der Waals surface area contributed by atoms with Gasteiger partial charge in [-0.25, -0.2) is 4.79 Å². The first kappa shape index (κ1) is 26.8. The molecule has 0 aromatic carbocycles. The molecule has 0 rings (SSSR count). The fraction of sp³-hybridized carbons (Fsp3) is 0.647. The second-order valence-corrected chi connectivity index (χ2v) is 7.00. The van der Waals surface area contributed by atoms with E-state index in [1.807, 2.05) is 19.2 Å². The van der Waals surface area contributed by atoms with Crippen LogP contribution in [0.1, 0.15) is 39.5 Å². The van der Waals surface area contributed by atoms with E-state index in [1.54, 1.807) is 0 Å². The summed E-state index contributed by atoms with van der Waals surface area (Å²) in [6.07, 6.45) is -1.44. The number of carboxylic acids is 3. The molecule has 0 heterocycles. The van der Waals surface area contributed by atoms with Crippen molar-refractivity contribution < 1.29 is 44.1 Å². The average molecular weight is 432 g/mol. The van der Waals surface area contributed by atoms with Crippen LogP contribution >= 0.6 is 0 Å². The Kier molecular flexibility index (Phi) is 11.7. The minimum atomic E-state index is -1.77. The zero-order chi connectivity index (χ0) is 23.4. The summed E-state index contributed by atoms with van der Waals surface area (Å²) in [6, 6.07) is -4.06. The zero-order valence-corrected chi connectivity index (χ0v) is 16.7. The number of carbonyl (C=O) groups is 6. The number of hydrogen-bond donors (Lipinski definition) is 7. The van der Waals surface area contributed by atoms with E-state index in [0.29, 0.717) is 6.42 Å². The van der Waals surface area contributed by atoms with Crippen LogP contribution in [-0.4, -0.2) is 75.6 Å². The van der Waals surface area contributed by atoms with Gasteiger partial charge in [-0.1, -0.05) is 13.8 Å². The summed E-state index contributed by atoms with van der Waals surface area (Å²) in [5, 5.41) is 32.9. The highest BCUT2D eigenvalue weighted by atomic mass is 16.4. The predicted octanol–water partition coefficient (Wildman–Crippen LogP) is -2.13. The SMILES string of the molecule is CC(C)CC(N)C(=O)NCC(=O)NC(CCC(=O)O)C(=O)NC(CC(=O)O)C(=O)O. The third-order valence-corrected chi connectivity index (χ3v) is 3.78. The molecular weight excluding hydrogens is 404 g/mol. The van der Waals surface area contributed by atoms with Crippen molar-refractivity contribution in [1.29, 1.82) is 0 Å². The maximum absolute atomic E-state index is 12.3. The molecule has 3 atom stereocenters. The number of rotatable bonds is 14. The summed E-state index contributed by atoms with van der Waals surface area (Å²) in [7, 11) is 0. The molecule has 3 unspecified atom stereocenters. The van der Waals surface area contributed by atoms with Gasteiger partial charge >= 0.3 is 17.9 Å². The van der Waals surface area contributed by atoms with Crippen LogP contribution in [0.2, 0.25) is 0 Å². The molecule has 13 heteroatoms. The lowest BCUT2D eigenvalue weighted by Crippen LogP contribution is -2.54. The normalized spacial score (nSPS) is 13.6. The summed E-state index contributed by atoms with van der Waals surface area (Å²) in [4.78, 5) is 68.7. The summed E-state index contributed by atoms with van der Waals surface area (Å²) in [5.41, 5.74) is 5.68. The lowest BCUT2D eigenvalue weighted by atomic mass is 10.0. The Morgan fingerprint density at radius 2 is 1.47 bits per heavy atom. The molecule has 3 amide bonds. The summed E-state index contributed by atoms with van der Waals surface area (Å²) in [6.45, 7) is 3.18. The van der Waals surface area contributed by atoms with Crippen LogP contribution in [0, 0.1) is 5.92 Å². The van der Waals surface area contributed by atoms with Gasteiger partial charge in [-0.2, -0.15) is 0 Å². The van der Waals surface area contributed by atoms with Crippen molar-refractivity contribution in [1.82, 2.24) is 16.0 Å². The number of carboxylic acid groups (broad SMARTS) is 3. The van der Waals surface area contributed by atoms with Gasteiger partial charge in [0, 0.05) is 6.42 Å². The second kappa shape index (κ2) is 13.1. The van der Waals surface area contributed by atoms with Gasteiger partial charge in [-0.3, -0.25) is 24.0 Å². The van der Waals surface area contributed by atoms with Crippen LogP contribution in [0.4, 0.5) is 0 Å². The first-order valence-corrected chi connectivity index (χ1v) is 9.12. The van der Waals surface area contributed by atoms with Crippen molar-refractivity contribution in [3.8, 4) is 0 Å². The highest BCUT2D eigenvalue weighted by molar-refractivity contribution is 5.93. The van der Waals surface area contributed by atoms with Gasteiger partial charge in [0.25, 0.3) is 0 Å². The number of nitrogens with two attached hydrogens (primary N) is 1. The minimum Gasteiger partial charge on any atom is -0.481 e. The van der Waals surface area contributed by atoms with E-state index >= 15 is 0 Å². The van der Waals surface area contributed by atoms with Gasteiger partial charge in [-0.15, -0.1) is 0 Å². The van der Waals surface area contributed by atoms with Gasteiger partial charge in [0.2, 0.25) is 17.7 Å². The monoisotopic (exact) mass is 432 g/mol. The van der Waals surface area contributed by atoms with Crippen molar-refractivity contribution in [3.05, 3.63) is 0 Å². The Bertz CT molecular complexity index is 666. The van der Waals surface area contributed by atoms with Gasteiger partial charge < -0.3 is 37.0 Å². The van der Waals surface area contributed by atoms with E-state index in [4.69, 9.17) is 21.1 Å². The molecule has 0 aliphatic rings. The Morgan fingerprint density at radius 1 is 0.867 bits per heavy atom. The van der Waals surface area contributed by atoms with Crippen molar-refractivity contribution in [2.24, 2.45) is 11.7 Å². The highest BCUT2D eigenvalue weighted by Crippen LogP contribution is 2.03. The van der Waals surface area contributed by atoms with Gasteiger partial charge in [0.05, 0.1) is 19.0 Å². The number of nitrogens with one attached hydrogen (secondary N) is 3. The standard InChI is InChI=1S/C17H28N4O9/c1-8(2)5-9(18)15(27)19-7-12(22)20-10(3-4-13(23)24)16(28)21-11(17(29)30)6-14(25)26/h8-11H,3-7,18H2,1-2H3,(H,19,27)(H,20,22)(H,21,28)(H,23,24)(H,25,26)(H,29,30). The number of carbonyl (C=O) groups excluding carboxylic acids is 3. The molecule has 13 nitrogen and oxygen atoms in total. The van der Waals surface area contributed by atoms with Gasteiger partial charge in [0.1, 0.15) is 12.1 Å². The molecule has 0 aromatic rings. The molecule has 0 radical (unpaired) electrons. The lowest BCUT2D eigenvalue weighted by Gasteiger charge is -2.21. The number of hydrogen-bond acceptors (Lipinski definition) is 7. The summed E-state index contributed by atoms with van der Waals surface area (Å²) >= 11 is 0. The Morgan fingerprint density at radius 3 is 1.93 bits per heavy atom. The summed E-state index contributed by atoms with van der Waals surface area (Å²) < 4.78 is 0. The zero-order valence-electron chi connectivity index (χ0n) is 16.7. The van der Waals surface area contributed by atoms with Crippen LogP contribution in [0.15, 0.2) is 0 Å². The first-order valence-electron chi connectivity index (χ1n) is 9.12. The molecule has 170 valence electrons. The van der Waals surface area contributed by atoms with E-state index in [2.05, 4.69) is 10.6 Å². The highest BCUT2D eigenvalue weighted by Gasteiger charge is 2.28. The number of amides is 3. The third-order valence-electron chi connectivity index (χ3n) is 3.78. The maximum Gasteiger partial charge on any atom is 0.326 e. The second-order valence-electron chi connectivity index (χ2n) is 7.00. The molecule has 0 aliphatic carbocycles. The van der Waals surface area contributed by atoms with Crippen LogP contribution in [0.25, 0.3) is 0 Å². The Hall–Kier alpha value is -3.22. The lowest BCUT2D eigenvalue weighted by molar-refractivity contribution is -0.147. The molecule has 0 bridgehead atoms. The molecule has 0 saturated carbocycles. The molecular formula is C17H28N4O9. The van der Waals surface area contributed by atoms with Crippen molar-refractivity contribution in [2.75, 3.05) is 6.54 Å². The van der Waals surface area contributed by atoms with Crippen LogP contribution in [0.5, 0.6) is 0 Å². The molecule has 0 spiro atoms. The molecule has 0 aromatic heterocycles. The van der Waals surface area contributed by atoms with E-state index in [9.17, 15) is 28.8 Å². The fourth-order valence-corrected chi connectivity index (χ4v) is 2.34. The van der Waals surface area contributed by atoms with Crippen molar-refractivity contribution in [3.63, 3.8) is 0 Å². The molecule has 30 heavy (non-hydrogen) atoms. The smallest absolute Gasteiger partial charge is 0.326 e. The molecule has 0 fully saturated rings. The van der Waals surface area contributed by atoms with Crippen LogP contribution in [-0.2, 0) is 28.8 Å². The third kappa shape index (κ3) is 11.6. The Balaban J connectivity index is 4.98. The molecule has 0 aliphatic heterocycles. The quantitative estimate of drug-likeness (QED) is 0.158.